The number of hydrogen-bond donors (Lipinski definition) is 2. The number of nitrogen functional groups attached to an aromatic ring is 1. The standard InChI is InChI=1S/C10H12N2O3/c1-2-12-10(13)6-3-8-9(4-7(6)11)15-5-14-8/h3-4H,2,5,11H2,1H3,(H,12,13). The molecule has 0 radical (unpaired) electrons. The average Bonchev–Trinajstić information content (AvgIpc) is 2.63. The predicted molar refractivity (Wildman–Crippen MR) is 55.0 cm³/mol. The largest absolute Gasteiger partial charge is 0.454 e. The van der Waals surface area contributed by atoms with Gasteiger partial charge in [-0.3, -0.25) is 4.79 Å². The summed E-state index contributed by atoms with van der Waals surface area (Å²) in [6.07, 6.45) is 0. The summed E-state index contributed by atoms with van der Waals surface area (Å²) in [5.74, 6) is 0.944. The van der Waals surface area contributed by atoms with Crippen LogP contribution in [0, 0.1) is 0 Å². The molecular weight excluding hydrogens is 196 g/mol. The third-order valence-corrected chi connectivity index (χ3v) is 2.13. The van der Waals surface area contributed by atoms with Crippen LogP contribution in [0.3, 0.4) is 0 Å². The molecule has 0 aromatic heterocycles. The Bertz CT molecular complexity index is 404. The van der Waals surface area contributed by atoms with Crippen LogP contribution in [0.4, 0.5) is 5.69 Å². The second-order valence-electron chi connectivity index (χ2n) is 3.15. The summed E-state index contributed by atoms with van der Waals surface area (Å²) in [6, 6.07) is 3.20. The van der Waals surface area contributed by atoms with Crippen molar-refractivity contribution in [2.45, 2.75) is 6.92 Å². The maximum Gasteiger partial charge on any atom is 0.253 e. The van der Waals surface area contributed by atoms with Crippen molar-refractivity contribution in [3.8, 4) is 11.5 Å². The zero-order valence-electron chi connectivity index (χ0n) is 8.37. The monoisotopic (exact) mass is 208 g/mol. The van der Waals surface area contributed by atoms with E-state index in [9.17, 15) is 4.79 Å². The van der Waals surface area contributed by atoms with Gasteiger partial charge in [-0.25, -0.2) is 0 Å². The van der Waals surface area contributed by atoms with Gasteiger partial charge in [-0.2, -0.15) is 0 Å². The number of anilines is 1. The number of hydrogen-bond acceptors (Lipinski definition) is 4. The Morgan fingerprint density at radius 3 is 2.80 bits per heavy atom. The van der Waals surface area contributed by atoms with Crippen LogP contribution in [0.15, 0.2) is 12.1 Å². The van der Waals surface area contributed by atoms with Crippen molar-refractivity contribution in [1.82, 2.24) is 5.32 Å². The smallest absolute Gasteiger partial charge is 0.253 e. The number of benzene rings is 1. The Labute approximate surface area is 87.2 Å². The lowest BCUT2D eigenvalue weighted by Crippen LogP contribution is -2.23. The van der Waals surface area contributed by atoms with Gasteiger partial charge in [-0.15, -0.1) is 0 Å². The van der Waals surface area contributed by atoms with Gasteiger partial charge in [0.2, 0.25) is 6.79 Å². The summed E-state index contributed by atoms with van der Waals surface area (Å²) in [5, 5.41) is 2.68. The first-order valence-corrected chi connectivity index (χ1v) is 4.69. The number of nitrogens with one attached hydrogen (secondary N) is 1. The summed E-state index contributed by atoms with van der Waals surface area (Å²) in [4.78, 5) is 11.6. The summed E-state index contributed by atoms with van der Waals surface area (Å²) < 4.78 is 10.3. The van der Waals surface area contributed by atoms with Gasteiger partial charge in [0.15, 0.2) is 11.5 Å². The highest BCUT2D eigenvalue weighted by atomic mass is 16.7. The molecule has 1 amide bonds. The summed E-state index contributed by atoms with van der Waals surface area (Å²) in [6.45, 7) is 2.58. The third kappa shape index (κ3) is 1.68. The lowest BCUT2D eigenvalue weighted by Gasteiger charge is -2.06. The van der Waals surface area contributed by atoms with Crippen molar-refractivity contribution in [2.75, 3.05) is 19.1 Å². The van der Waals surface area contributed by atoms with Crippen molar-refractivity contribution in [2.24, 2.45) is 0 Å². The Morgan fingerprint density at radius 1 is 1.47 bits per heavy atom. The third-order valence-electron chi connectivity index (χ3n) is 2.13. The molecule has 0 spiro atoms. The minimum atomic E-state index is -0.201. The van der Waals surface area contributed by atoms with Crippen LogP contribution in [-0.2, 0) is 0 Å². The van der Waals surface area contributed by atoms with Gasteiger partial charge in [0.25, 0.3) is 5.91 Å². The minimum Gasteiger partial charge on any atom is -0.454 e. The van der Waals surface area contributed by atoms with Crippen molar-refractivity contribution < 1.29 is 14.3 Å². The first kappa shape index (κ1) is 9.64. The molecule has 5 nitrogen and oxygen atoms in total. The molecule has 1 aromatic rings. The number of nitrogens with two attached hydrogens (primary N) is 1. The van der Waals surface area contributed by atoms with Crippen molar-refractivity contribution in [3.63, 3.8) is 0 Å². The molecule has 80 valence electrons. The van der Waals surface area contributed by atoms with Gasteiger partial charge in [-0.05, 0) is 13.0 Å². The molecule has 5 heteroatoms. The topological polar surface area (TPSA) is 73.6 Å². The fraction of sp³-hybridized carbons (Fsp3) is 0.300. The van der Waals surface area contributed by atoms with E-state index in [1.54, 1.807) is 12.1 Å². The molecule has 1 aliphatic rings. The van der Waals surface area contributed by atoms with Crippen LogP contribution in [0.5, 0.6) is 11.5 Å². The average molecular weight is 208 g/mol. The van der Waals surface area contributed by atoms with Crippen LogP contribution in [0.2, 0.25) is 0 Å². The number of amides is 1. The van der Waals surface area contributed by atoms with Crippen molar-refractivity contribution in [3.05, 3.63) is 17.7 Å². The molecule has 1 aromatic carbocycles. The Kier molecular flexibility index (Phi) is 2.37. The highest BCUT2D eigenvalue weighted by molar-refractivity contribution is 6.00. The van der Waals surface area contributed by atoms with E-state index in [4.69, 9.17) is 15.2 Å². The van der Waals surface area contributed by atoms with Crippen LogP contribution >= 0.6 is 0 Å². The minimum absolute atomic E-state index is 0.174. The number of carbonyl (C=O) groups excluding carboxylic acids is 1. The zero-order valence-corrected chi connectivity index (χ0v) is 8.37. The van der Waals surface area contributed by atoms with Crippen LogP contribution < -0.4 is 20.5 Å². The number of ether oxygens (including phenoxy) is 2. The van der Waals surface area contributed by atoms with Crippen LogP contribution in [-0.4, -0.2) is 19.2 Å². The second kappa shape index (κ2) is 3.68. The lowest BCUT2D eigenvalue weighted by atomic mass is 10.1. The molecule has 1 heterocycles. The zero-order chi connectivity index (χ0) is 10.8. The molecule has 0 atom stereocenters. The molecule has 0 saturated carbocycles. The first-order valence-electron chi connectivity index (χ1n) is 4.69. The van der Waals surface area contributed by atoms with E-state index >= 15 is 0 Å². The molecule has 0 fully saturated rings. The molecule has 15 heavy (non-hydrogen) atoms. The van der Waals surface area contributed by atoms with Crippen LogP contribution in [0.1, 0.15) is 17.3 Å². The highest BCUT2D eigenvalue weighted by Crippen LogP contribution is 2.35. The van der Waals surface area contributed by atoms with Gasteiger partial charge in [0.1, 0.15) is 0 Å². The molecule has 0 saturated heterocycles. The predicted octanol–water partition coefficient (Wildman–Crippen LogP) is 0.747. The number of fused-ring (bicyclic) bond motifs is 1. The molecule has 1 aliphatic heterocycles. The second-order valence-corrected chi connectivity index (χ2v) is 3.15. The molecule has 0 bridgehead atoms. The fourth-order valence-electron chi connectivity index (χ4n) is 1.41. The van der Waals surface area contributed by atoms with Gasteiger partial charge >= 0.3 is 0 Å². The first-order chi connectivity index (χ1) is 7.22. The normalized spacial score (nSPS) is 12.6. The van der Waals surface area contributed by atoms with Gasteiger partial charge in [-0.1, -0.05) is 0 Å². The fourth-order valence-corrected chi connectivity index (χ4v) is 1.41. The summed E-state index contributed by atoms with van der Waals surface area (Å²) in [5.41, 5.74) is 6.54. The number of carbonyl (C=O) groups is 1. The van der Waals surface area contributed by atoms with Gasteiger partial charge in [0, 0.05) is 18.3 Å². The molecular formula is C10H12N2O3. The molecule has 0 aliphatic carbocycles. The highest BCUT2D eigenvalue weighted by Gasteiger charge is 2.19. The Morgan fingerprint density at radius 2 is 2.13 bits per heavy atom. The van der Waals surface area contributed by atoms with Crippen LogP contribution in [0.25, 0.3) is 0 Å². The van der Waals surface area contributed by atoms with E-state index in [1.807, 2.05) is 6.92 Å². The Balaban J connectivity index is 2.36. The van der Waals surface area contributed by atoms with Gasteiger partial charge < -0.3 is 20.5 Å². The van der Waals surface area contributed by atoms with E-state index in [-0.39, 0.29) is 12.7 Å². The molecule has 0 unspecified atom stereocenters. The van der Waals surface area contributed by atoms with E-state index in [0.29, 0.717) is 29.3 Å². The van der Waals surface area contributed by atoms with E-state index < -0.39 is 0 Å². The lowest BCUT2D eigenvalue weighted by molar-refractivity contribution is 0.0956. The summed E-state index contributed by atoms with van der Waals surface area (Å²) >= 11 is 0. The number of rotatable bonds is 2. The quantitative estimate of drug-likeness (QED) is 0.703. The maximum atomic E-state index is 11.6. The maximum absolute atomic E-state index is 11.6. The van der Waals surface area contributed by atoms with Crippen molar-refractivity contribution >= 4 is 11.6 Å². The molecule has 3 N–H and O–H groups in total. The van der Waals surface area contributed by atoms with Crippen molar-refractivity contribution in [1.29, 1.82) is 0 Å². The molecule has 2 rings (SSSR count). The van der Waals surface area contributed by atoms with Gasteiger partial charge in [0.05, 0.1) is 5.56 Å². The van der Waals surface area contributed by atoms with E-state index in [2.05, 4.69) is 5.32 Å². The SMILES string of the molecule is CCNC(=O)c1cc2c(cc1N)OCO2. The Hall–Kier alpha value is -1.91. The van der Waals surface area contributed by atoms with E-state index in [0.717, 1.165) is 0 Å². The van der Waals surface area contributed by atoms with E-state index in [1.165, 1.54) is 0 Å². The summed E-state index contributed by atoms with van der Waals surface area (Å²) in [7, 11) is 0.